The average Bonchev–Trinajstić information content (AvgIpc) is 3.78. The monoisotopic (exact) mass is 578 g/mol. The van der Waals surface area contributed by atoms with Crippen LogP contribution in [0, 0.1) is 0 Å². The number of nitrogens with one attached hydrogen (secondary N) is 2. The third-order valence-corrected chi connectivity index (χ3v) is 9.23. The van der Waals surface area contributed by atoms with Crippen LogP contribution in [-0.2, 0) is 16.6 Å². The van der Waals surface area contributed by atoms with Gasteiger partial charge in [0.15, 0.2) is 5.82 Å². The molecule has 40 heavy (non-hydrogen) atoms. The van der Waals surface area contributed by atoms with Gasteiger partial charge in [-0.05, 0) is 61.2 Å². The number of methoxy groups -OCH3 is 1. The van der Waals surface area contributed by atoms with Crippen LogP contribution >= 0.6 is 11.6 Å². The molecule has 6 rings (SSSR count). The fraction of sp³-hybridized carbons (Fsp3) is 0.286. The molecule has 1 saturated carbocycles. The van der Waals surface area contributed by atoms with Gasteiger partial charge in [-0.3, -0.25) is 4.79 Å². The Bertz CT molecular complexity index is 1720. The second-order valence-electron chi connectivity index (χ2n) is 9.86. The highest BCUT2D eigenvalue weighted by Crippen LogP contribution is 2.32. The van der Waals surface area contributed by atoms with Crippen LogP contribution in [0.5, 0.6) is 5.88 Å². The molecule has 206 valence electrons. The summed E-state index contributed by atoms with van der Waals surface area (Å²) in [5.74, 6) is 1.42. The van der Waals surface area contributed by atoms with Crippen molar-refractivity contribution < 1.29 is 17.9 Å². The van der Waals surface area contributed by atoms with Gasteiger partial charge in [0.2, 0.25) is 15.9 Å². The predicted octanol–water partition coefficient (Wildman–Crippen LogP) is 4.40. The molecule has 1 amide bonds. The Morgan fingerprint density at radius 3 is 2.65 bits per heavy atom. The first-order valence-corrected chi connectivity index (χ1v) is 14.9. The van der Waals surface area contributed by atoms with Crippen molar-refractivity contribution in [2.75, 3.05) is 30.4 Å². The van der Waals surface area contributed by atoms with Gasteiger partial charge in [-0.2, -0.15) is 0 Å². The highest BCUT2D eigenvalue weighted by Gasteiger charge is 2.35. The summed E-state index contributed by atoms with van der Waals surface area (Å²) in [5.41, 5.74) is 2.88. The molecule has 1 aliphatic carbocycles. The molecule has 2 aromatic carbocycles. The topological polar surface area (TPSA) is 126 Å². The Kier molecular flexibility index (Phi) is 7.03. The summed E-state index contributed by atoms with van der Waals surface area (Å²) in [5, 5.41) is 3.74. The predicted molar refractivity (Wildman–Crippen MR) is 154 cm³/mol. The number of aromatic nitrogens is 3. The molecule has 0 atom stereocenters. The van der Waals surface area contributed by atoms with E-state index in [4.69, 9.17) is 26.3 Å². The Morgan fingerprint density at radius 1 is 1.10 bits per heavy atom. The molecule has 2 N–H and O–H groups in total. The van der Waals surface area contributed by atoms with Crippen LogP contribution in [0.3, 0.4) is 0 Å². The Labute approximate surface area is 236 Å². The van der Waals surface area contributed by atoms with E-state index in [0.717, 1.165) is 36.3 Å². The van der Waals surface area contributed by atoms with Crippen LogP contribution in [0.2, 0.25) is 5.02 Å². The lowest BCUT2D eigenvalue weighted by atomic mass is 10.1. The fourth-order valence-electron chi connectivity index (χ4n) is 4.48. The number of ether oxygens (including phenoxy) is 1. The van der Waals surface area contributed by atoms with Crippen LogP contribution in [0.25, 0.3) is 22.3 Å². The Balaban J connectivity index is 1.28. The molecule has 0 unspecified atom stereocenters. The minimum Gasteiger partial charge on any atom is -0.481 e. The SMILES string of the molecule is COc1cc(-c2nc(N3CCC3)c3ccc(NC(=O)c4cc(CNS(=O)(=O)C5CC5)ccc4Cl)cc3n2)ccn1. The van der Waals surface area contributed by atoms with Gasteiger partial charge in [-0.15, -0.1) is 0 Å². The van der Waals surface area contributed by atoms with E-state index < -0.39 is 15.9 Å². The molecule has 2 aromatic heterocycles. The number of halogens is 1. The number of anilines is 2. The minimum absolute atomic E-state index is 0.0883. The second kappa shape index (κ2) is 10.6. The molecular weight excluding hydrogens is 552 g/mol. The molecular formula is C28H27ClN6O4S. The van der Waals surface area contributed by atoms with E-state index >= 15 is 0 Å². The number of sulfonamides is 1. The second-order valence-corrected chi connectivity index (χ2v) is 12.3. The first-order valence-electron chi connectivity index (χ1n) is 13.0. The lowest BCUT2D eigenvalue weighted by molar-refractivity contribution is 0.102. The summed E-state index contributed by atoms with van der Waals surface area (Å²) in [7, 11) is -1.78. The standard InChI is InChI=1S/C28H27ClN6O4S/c1-39-25-14-18(9-10-30-25)26-33-24-15-19(4-7-21(24)27(34-26)35-11-2-12-35)32-28(36)22-13-17(3-8-23(22)29)16-31-40(37,38)20-5-6-20/h3-4,7-10,13-15,20,31H,2,5-6,11-12,16H2,1H3,(H,32,36). The zero-order valence-electron chi connectivity index (χ0n) is 21.7. The molecule has 1 aliphatic heterocycles. The van der Waals surface area contributed by atoms with Crippen molar-refractivity contribution >= 4 is 49.9 Å². The molecule has 3 heterocycles. The number of nitrogens with zero attached hydrogens (tertiary/aromatic N) is 4. The van der Waals surface area contributed by atoms with Gasteiger partial charge < -0.3 is 15.0 Å². The lowest BCUT2D eigenvalue weighted by Gasteiger charge is -2.33. The zero-order valence-corrected chi connectivity index (χ0v) is 23.3. The largest absolute Gasteiger partial charge is 0.481 e. The van der Waals surface area contributed by atoms with Crippen molar-refractivity contribution in [2.45, 2.75) is 31.1 Å². The maximum absolute atomic E-state index is 13.2. The maximum atomic E-state index is 13.2. The van der Waals surface area contributed by atoms with E-state index in [1.165, 1.54) is 0 Å². The van der Waals surface area contributed by atoms with Gasteiger partial charge >= 0.3 is 0 Å². The van der Waals surface area contributed by atoms with E-state index in [2.05, 4.69) is 19.9 Å². The summed E-state index contributed by atoms with van der Waals surface area (Å²) in [4.78, 5) is 29.3. The van der Waals surface area contributed by atoms with Crippen LogP contribution in [0.4, 0.5) is 11.5 Å². The van der Waals surface area contributed by atoms with Crippen LogP contribution < -0.4 is 19.7 Å². The van der Waals surface area contributed by atoms with Crippen molar-refractivity contribution in [3.8, 4) is 17.3 Å². The number of benzene rings is 2. The van der Waals surface area contributed by atoms with Crippen molar-refractivity contribution in [3.63, 3.8) is 0 Å². The number of rotatable bonds is 9. The normalized spacial score (nSPS) is 15.1. The summed E-state index contributed by atoms with van der Waals surface area (Å²) in [6.45, 7) is 1.91. The van der Waals surface area contributed by atoms with E-state index in [1.54, 1.807) is 37.6 Å². The molecule has 12 heteroatoms. The van der Waals surface area contributed by atoms with Gasteiger partial charge in [-0.1, -0.05) is 17.7 Å². The van der Waals surface area contributed by atoms with Crippen LogP contribution in [0.15, 0.2) is 54.7 Å². The molecule has 2 fully saturated rings. The summed E-state index contributed by atoms with van der Waals surface area (Å²) in [6.07, 6.45) is 4.10. The molecule has 2 aliphatic rings. The van der Waals surface area contributed by atoms with E-state index in [1.807, 2.05) is 24.3 Å². The number of hydrogen-bond donors (Lipinski definition) is 2. The van der Waals surface area contributed by atoms with Crippen LogP contribution in [0.1, 0.15) is 35.2 Å². The van der Waals surface area contributed by atoms with Gasteiger partial charge in [0.1, 0.15) is 5.82 Å². The average molecular weight is 579 g/mol. The molecule has 0 radical (unpaired) electrons. The maximum Gasteiger partial charge on any atom is 0.257 e. The van der Waals surface area contributed by atoms with Gasteiger partial charge in [0.05, 0.1) is 28.5 Å². The number of pyridine rings is 1. The number of carbonyl (C=O) groups excluding carboxylic acids is 1. The van der Waals surface area contributed by atoms with Crippen molar-refractivity contribution in [3.05, 3.63) is 70.9 Å². The third-order valence-electron chi connectivity index (χ3n) is 7.01. The Morgan fingerprint density at radius 2 is 1.93 bits per heavy atom. The van der Waals surface area contributed by atoms with E-state index in [9.17, 15) is 13.2 Å². The number of amides is 1. The number of fused-ring (bicyclic) bond motifs is 1. The minimum atomic E-state index is -3.34. The van der Waals surface area contributed by atoms with Crippen molar-refractivity contribution in [1.29, 1.82) is 0 Å². The van der Waals surface area contributed by atoms with Crippen molar-refractivity contribution in [1.82, 2.24) is 19.7 Å². The first-order chi connectivity index (χ1) is 19.3. The Hall–Kier alpha value is -3.80. The fourth-order valence-corrected chi connectivity index (χ4v) is 6.05. The number of carbonyl (C=O) groups is 1. The lowest BCUT2D eigenvalue weighted by Crippen LogP contribution is -2.37. The zero-order chi connectivity index (χ0) is 27.9. The van der Waals surface area contributed by atoms with Gasteiger partial charge in [0.25, 0.3) is 5.91 Å². The van der Waals surface area contributed by atoms with E-state index in [-0.39, 0.29) is 22.4 Å². The van der Waals surface area contributed by atoms with Gasteiger partial charge in [0, 0.05) is 48.5 Å². The van der Waals surface area contributed by atoms with Crippen LogP contribution in [-0.4, -0.2) is 54.7 Å². The molecule has 1 saturated heterocycles. The highest BCUT2D eigenvalue weighted by atomic mass is 35.5. The summed E-state index contributed by atoms with van der Waals surface area (Å²) < 4.78 is 32.3. The smallest absolute Gasteiger partial charge is 0.257 e. The van der Waals surface area contributed by atoms with Gasteiger partial charge in [-0.25, -0.2) is 28.1 Å². The summed E-state index contributed by atoms with van der Waals surface area (Å²) >= 11 is 6.35. The highest BCUT2D eigenvalue weighted by molar-refractivity contribution is 7.90. The number of hydrogen-bond acceptors (Lipinski definition) is 8. The molecule has 10 nitrogen and oxygen atoms in total. The summed E-state index contributed by atoms with van der Waals surface area (Å²) in [6, 6.07) is 14.0. The van der Waals surface area contributed by atoms with E-state index in [0.29, 0.717) is 41.3 Å². The van der Waals surface area contributed by atoms with Crippen molar-refractivity contribution in [2.24, 2.45) is 0 Å². The molecule has 0 spiro atoms. The molecule has 0 bridgehead atoms. The first kappa shape index (κ1) is 26.4. The third kappa shape index (κ3) is 5.45. The quantitative estimate of drug-likeness (QED) is 0.299. The molecule has 4 aromatic rings.